The summed E-state index contributed by atoms with van der Waals surface area (Å²) in [6.45, 7) is 6.88. The molecule has 17 heavy (non-hydrogen) atoms. The largest absolute Gasteiger partial charge is 0.444 e. The number of aliphatic hydroxyl groups excluding tert-OH is 1. The Bertz CT molecular complexity index is 265. The molecule has 0 aromatic rings. The van der Waals surface area contributed by atoms with Crippen molar-refractivity contribution in [3.63, 3.8) is 0 Å². The van der Waals surface area contributed by atoms with Gasteiger partial charge in [-0.3, -0.25) is 0 Å². The number of ether oxygens (including phenoxy) is 1. The van der Waals surface area contributed by atoms with Gasteiger partial charge in [0.15, 0.2) is 0 Å². The highest BCUT2D eigenvalue weighted by Crippen LogP contribution is 2.23. The second kappa shape index (κ2) is 5.96. The van der Waals surface area contributed by atoms with E-state index in [9.17, 15) is 9.90 Å². The van der Waals surface area contributed by atoms with Gasteiger partial charge in [0.2, 0.25) is 0 Å². The lowest BCUT2D eigenvalue weighted by atomic mass is 10.0. The first-order valence-electron chi connectivity index (χ1n) is 5.98. The molecule has 1 saturated heterocycles. The molecule has 0 radical (unpaired) electrons. The monoisotopic (exact) mass is 261 g/mol. The Labute approximate surface area is 108 Å². The zero-order valence-corrected chi connectivity index (χ0v) is 11.9. The second-order valence-corrected chi connectivity index (χ2v) is 6.41. The lowest BCUT2D eigenvalue weighted by molar-refractivity contribution is 0.0274. The molecule has 0 bridgehead atoms. The molecule has 1 fully saturated rings. The van der Waals surface area contributed by atoms with Crippen LogP contribution in [0.25, 0.3) is 0 Å². The van der Waals surface area contributed by atoms with Gasteiger partial charge >= 0.3 is 6.09 Å². The minimum atomic E-state index is -0.451. The molecule has 5 heteroatoms. The molecule has 0 saturated carbocycles. The molecule has 0 spiro atoms. The fraction of sp³-hybridized carbons (Fsp3) is 0.917. The van der Waals surface area contributed by atoms with Crippen LogP contribution < -0.4 is 0 Å². The summed E-state index contributed by atoms with van der Waals surface area (Å²) in [4.78, 5) is 13.5. The zero-order chi connectivity index (χ0) is 13.1. The molecule has 0 aliphatic carbocycles. The van der Waals surface area contributed by atoms with Crippen molar-refractivity contribution in [1.82, 2.24) is 4.90 Å². The first-order chi connectivity index (χ1) is 7.83. The normalized spacial score (nSPS) is 22.6. The van der Waals surface area contributed by atoms with Crippen molar-refractivity contribution in [2.24, 2.45) is 5.92 Å². The van der Waals surface area contributed by atoms with E-state index in [2.05, 4.69) is 0 Å². The minimum Gasteiger partial charge on any atom is -0.444 e. The Morgan fingerprint density at radius 3 is 2.76 bits per heavy atom. The van der Waals surface area contributed by atoms with Gasteiger partial charge in [-0.15, -0.1) is 0 Å². The van der Waals surface area contributed by atoms with E-state index in [4.69, 9.17) is 4.74 Å². The van der Waals surface area contributed by atoms with Crippen LogP contribution in [-0.4, -0.2) is 52.9 Å². The molecular weight excluding hydrogens is 238 g/mol. The van der Waals surface area contributed by atoms with E-state index in [-0.39, 0.29) is 18.1 Å². The number of carbonyl (C=O) groups excluding carboxylic acids is 1. The number of nitrogens with zero attached hydrogens (tertiary/aromatic N) is 1. The van der Waals surface area contributed by atoms with Crippen molar-refractivity contribution < 1.29 is 14.6 Å². The average molecular weight is 261 g/mol. The lowest BCUT2D eigenvalue weighted by Gasteiger charge is -2.25. The van der Waals surface area contributed by atoms with E-state index in [1.165, 1.54) is 0 Å². The molecule has 0 aromatic heterocycles. The third-order valence-electron chi connectivity index (χ3n) is 2.76. The van der Waals surface area contributed by atoms with Gasteiger partial charge in [-0.25, -0.2) is 4.79 Å². The van der Waals surface area contributed by atoms with Crippen LogP contribution in [0.1, 0.15) is 27.2 Å². The summed E-state index contributed by atoms with van der Waals surface area (Å²) in [5.41, 5.74) is -0.451. The smallest absolute Gasteiger partial charge is 0.410 e. The van der Waals surface area contributed by atoms with E-state index >= 15 is 0 Å². The van der Waals surface area contributed by atoms with Gasteiger partial charge in [0.25, 0.3) is 0 Å². The van der Waals surface area contributed by atoms with E-state index in [0.717, 1.165) is 12.2 Å². The molecule has 1 heterocycles. The van der Waals surface area contributed by atoms with Crippen LogP contribution >= 0.6 is 11.8 Å². The minimum absolute atomic E-state index is 0.190. The van der Waals surface area contributed by atoms with Gasteiger partial charge in [-0.2, -0.15) is 11.8 Å². The molecule has 2 unspecified atom stereocenters. The Kier molecular flexibility index (Phi) is 5.13. The SMILES string of the molecule is CSCC(O)C1CCN(C(=O)OC(C)(C)C)C1. The standard InChI is InChI=1S/C12H23NO3S/c1-12(2,3)16-11(15)13-6-5-9(7-13)10(14)8-17-4/h9-10,14H,5-8H2,1-4H3. The average Bonchev–Trinajstić information content (AvgIpc) is 2.63. The predicted octanol–water partition coefficient (Wildman–Crippen LogP) is 1.97. The van der Waals surface area contributed by atoms with Crippen molar-refractivity contribution in [3.8, 4) is 0 Å². The van der Waals surface area contributed by atoms with Gasteiger partial charge in [0.05, 0.1) is 6.10 Å². The number of rotatable bonds is 3. The van der Waals surface area contributed by atoms with Gasteiger partial charge in [-0.1, -0.05) is 0 Å². The van der Waals surface area contributed by atoms with Crippen molar-refractivity contribution in [1.29, 1.82) is 0 Å². The van der Waals surface area contributed by atoms with Crippen LogP contribution in [0.2, 0.25) is 0 Å². The van der Waals surface area contributed by atoms with Crippen LogP contribution in [0.4, 0.5) is 4.79 Å². The molecule has 1 aliphatic rings. The second-order valence-electron chi connectivity index (χ2n) is 5.50. The fourth-order valence-electron chi connectivity index (χ4n) is 1.90. The van der Waals surface area contributed by atoms with Crippen molar-refractivity contribution in [3.05, 3.63) is 0 Å². The Hall–Kier alpha value is -0.420. The van der Waals surface area contributed by atoms with E-state index in [0.29, 0.717) is 13.1 Å². The van der Waals surface area contributed by atoms with Crippen LogP contribution in [0.15, 0.2) is 0 Å². The highest BCUT2D eigenvalue weighted by molar-refractivity contribution is 7.98. The number of hydrogen-bond donors (Lipinski definition) is 1. The maximum Gasteiger partial charge on any atom is 0.410 e. The predicted molar refractivity (Wildman–Crippen MR) is 70.3 cm³/mol. The van der Waals surface area contributed by atoms with Crippen LogP contribution in [0.3, 0.4) is 0 Å². The highest BCUT2D eigenvalue weighted by atomic mass is 32.2. The number of carbonyl (C=O) groups is 1. The molecule has 2 atom stereocenters. The third-order valence-corrected chi connectivity index (χ3v) is 3.43. The summed E-state index contributed by atoms with van der Waals surface area (Å²) < 4.78 is 5.31. The Morgan fingerprint density at radius 1 is 1.59 bits per heavy atom. The number of amides is 1. The van der Waals surface area contributed by atoms with Crippen molar-refractivity contribution in [2.45, 2.75) is 38.9 Å². The molecular formula is C12H23NO3S. The van der Waals surface area contributed by atoms with Gasteiger partial charge in [-0.05, 0) is 33.4 Å². The van der Waals surface area contributed by atoms with Crippen LogP contribution in [0, 0.1) is 5.92 Å². The van der Waals surface area contributed by atoms with E-state index in [1.54, 1.807) is 16.7 Å². The van der Waals surface area contributed by atoms with E-state index in [1.807, 2.05) is 27.0 Å². The molecule has 4 nitrogen and oxygen atoms in total. The van der Waals surface area contributed by atoms with Crippen LogP contribution in [0.5, 0.6) is 0 Å². The summed E-state index contributed by atoms with van der Waals surface area (Å²) in [5, 5.41) is 9.88. The van der Waals surface area contributed by atoms with Crippen molar-refractivity contribution in [2.75, 3.05) is 25.1 Å². The molecule has 1 amide bonds. The summed E-state index contributed by atoms with van der Waals surface area (Å²) >= 11 is 1.63. The number of hydrogen-bond acceptors (Lipinski definition) is 4. The summed E-state index contributed by atoms with van der Waals surface area (Å²) in [5.74, 6) is 0.919. The van der Waals surface area contributed by atoms with Gasteiger partial charge < -0.3 is 14.7 Å². The Balaban J connectivity index is 2.42. The van der Waals surface area contributed by atoms with Gasteiger partial charge in [0.1, 0.15) is 5.60 Å². The number of thioether (sulfide) groups is 1. The Morgan fingerprint density at radius 2 is 2.24 bits per heavy atom. The summed E-state index contributed by atoms with van der Waals surface area (Å²) in [6.07, 6.45) is 2.25. The molecule has 1 N–H and O–H groups in total. The number of aliphatic hydroxyl groups is 1. The maximum absolute atomic E-state index is 11.8. The lowest BCUT2D eigenvalue weighted by Crippen LogP contribution is -2.36. The van der Waals surface area contributed by atoms with E-state index < -0.39 is 5.60 Å². The molecule has 1 aliphatic heterocycles. The topological polar surface area (TPSA) is 49.8 Å². The van der Waals surface area contributed by atoms with Crippen molar-refractivity contribution >= 4 is 17.9 Å². The quantitative estimate of drug-likeness (QED) is 0.844. The first-order valence-corrected chi connectivity index (χ1v) is 7.38. The maximum atomic E-state index is 11.8. The molecule has 0 aromatic carbocycles. The van der Waals surface area contributed by atoms with Crippen LogP contribution in [-0.2, 0) is 4.74 Å². The molecule has 100 valence electrons. The first kappa shape index (κ1) is 14.6. The number of likely N-dealkylation sites (tertiary alicyclic amines) is 1. The fourth-order valence-corrected chi connectivity index (χ4v) is 2.51. The molecule has 1 rings (SSSR count). The summed E-state index contributed by atoms with van der Waals surface area (Å²) in [7, 11) is 0. The zero-order valence-electron chi connectivity index (χ0n) is 11.1. The van der Waals surface area contributed by atoms with Gasteiger partial charge in [0, 0.05) is 24.8 Å². The summed E-state index contributed by atoms with van der Waals surface area (Å²) in [6, 6.07) is 0. The third kappa shape index (κ3) is 4.76. The highest BCUT2D eigenvalue weighted by Gasteiger charge is 2.32.